The van der Waals surface area contributed by atoms with Gasteiger partial charge in [-0.05, 0) is 24.3 Å². The molecule has 0 spiro atoms. The van der Waals surface area contributed by atoms with E-state index in [0.717, 1.165) is 11.3 Å². The van der Waals surface area contributed by atoms with Crippen LogP contribution in [-0.2, 0) is 0 Å². The number of hydrogen-bond donors (Lipinski definition) is 1. The lowest BCUT2D eigenvalue weighted by Gasteiger charge is -2.00. The average molecular weight is 261 g/mol. The van der Waals surface area contributed by atoms with Crippen LogP contribution in [0.3, 0.4) is 0 Å². The molecular formula is C12H9ClN4O. The summed E-state index contributed by atoms with van der Waals surface area (Å²) in [6.07, 6.45) is 1.39. The number of H-pyrrole nitrogens is 1. The van der Waals surface area contributed by atoms with Gasteiger partial charge in [-0.1, -0.05) is 11.6 Å². The van der Waals surface area contributed by atoms with Crippen LogP contribution < -0.4 is 4.74 Å². The SMILES string of the molecule is COc1ccc(-c2nc3ncnc(Cl)c3[nH]2)cc1. The highest BCUT2D eigenvalue weighted by molar-refractivity contribution is 6.33. The molecule has 0 aliphatic heterocycles. The smallest absolute Gasteiger partial charge is 0.182 e. The normalized spacial score (nSPS) is 10.8. The van der Waals surface area contributed by atoms with Gasteiger partial charge in [-0.15, -0.1) is 0 Å². The zero-order chi connectivity index (χ0) is 12.5. The number of methoxy groups -OCH3 is 1. The van der Waals surface area contributed by atoms with E-state index in [-0.39, 0.29) is 0 Å². The molecule has 0 aliphatic carbocycles. The average Bonchev–Trinajstić information content (AvgIpc) is 2.84. The fourth-order valence-corrected chi connectivity index (χ4v) is 1.86. The monoisotopic (exact) mass is 260 g/mol. The van der Waals surface area contributed by atoms with Gasteiger partial charge in [0.2, 0.25) is 0 Å². The molecule has 0 saturated carbocycles. The van der Waals surface area contributed by atoms with E-state index >= 15 is 0 Å². The Bertz CT molecular complexity index is 693. The summed E-state index contributed by atoms with van der Waals surface area (Å²) in [6.45, 7) is 0. The molecule has 0 radical (unpaired) electrons. The molecule has 0 aliphatic rings. The lowest BCUT2D eigenvalue weighted by Crippen LogP contribution is -1.83. The van der Waals surface area contributed by atoms with Crippen molar-refractivity contribution in [3.05, 3.63) is 35.7 Å². The van der Waals surface area contributed by atoms with Gasteiger partial charge in [0.25, 0.3) is 0 Å². The van der Waals surface area contributed by atoms with Crippen molar-refractivity contribution in [1.29, 1.82) is 0 Å². The second-order valence-electron chi connectivity index (χ2n) is 3.68. The van der Waals surface area contributed by atoms with Crippen LogP contribution in [0.4, 0.5) is 0 Å². The molecule has 1 aromatic carbocycles. The van der Waals surface area contributed by atoms with Crippen LogP contribution in [0.25, 0.3) is 22.6 Å². The molecule has 6 heteroatoms. The van der Waals surface area contributed by atoms with E-state index in [4.69, 9.17) is 16.3 Å². The minimum atomic E-state index is 0.368. The number of imidazole rings is 1. The van der Waals surface area contributed by atoms with E-state index in [0.29, 0.717) is 22.1 Å². The minimum absolute atomic E-state index is 0.368. The Balaban J connectivity index is 2.10. The number of halogens is 1. The number of aromatic amines is 1. The number of rotatable bonds is 2. The number of ether oxygens (including phenoxy) is 1. The quantitative estimate of drug-likeness (QED) is 0.720. The van der Waals surface area contributed by atoms with Crippen molar-refractivity contribution in [2.24, 2.45) is 0 Å². The van der Waals surface area contributed by atoms with Crippen LogP contribution in [0.1, 0.15) is 0 Å². The highest BCUT2D eigenvalue weighted by Crippen LogP contribution is 2.24. The van der Waals surface area contributed by atoms with E-state index in [1.807, 2.05) is 24.3 Å². The van der Waals surface area contributed by atoms with Crippen molar-refractivity contribution in [3.8, 4) is 17.1 Å². The van der Waals surface area contributed by atoms with Gasteiger partial charge in [-0.25, -0.2) is 15.0 Å². The summed E-state index contributed by atoms with van der Waals surface area (Å²) in [6, 6.07) is 7.57. The summed E-state index contributed by atoms with van der Waals surface area (Å²) in [7, 11) is 1.63. The van der Waals surface area contributed by atoms with Crippen LogP contribution >= 0.6 is 11.6 Å². The molecular weight excluding hydrogens is 252 g/mol. The summed E-state index contributed by atoms with van der Waals surface area (Å²) < 4.78 is 5.11. The fourth-order valence-electron chi connectivity index (χ4n) is 1.69. The van der Waals surface area contributed by atoms with E-state index < -0.39 is 0 Å². The summed E-state index contributed by atoms with van der Waals surface area (Å²) in [5.74, 6) is 1.50. The molecule has 2 heterocycles. The van der Waals surface area contributed by atoms with Crippen LogP contribution in [0, 0.1) is 0 Å². The summed E-state index contributed by atoms with van der Waals surface area (Å²) in [5, 5.41) is 0.368. The first-order chi connectivity index (χ1) is 8.78. The van der Waals surface area contributed by atoms with E-state index in [9.17, 15) is 0 Å². The van der Waals surface area contributed by atoms with Gasteiger partial charge in [0, 0.05) is 5.56 Å². The molecule has 0 bridgehead atoms. The van der Waals surface area contributed by atoms with Crippen LogP contribution in [-0.4, -0.2) is 27.0 Å². The lowest BCUT2D eigenvalue weighted by molar-refractivity contribution is 0.415. The minimum Gasteiger partial charge on any atom is -0.497 e. The Morgan fingerprint density at radius 3 is 2.61 bits per heavy atom. The first kappa shape index (κ1) is 11.0. The third-order valence-electron chi connectivity index (χ3n) is 2.61. The maximum absolute atomic E-state index is 5.96. The molecule has 3 rings (SSSR count). The topological polar surface area (TPSA) is 63.7 Å². The first-order valence-electron chi connectivity index (χ1n) is 5.28. The predicted molar refractivity (Wildman–Crippen MR) is 68.7 cm³/mol. The predicted octanol–water partition coefficient (Wildman–Crippen LogP) is 2.68. The molecule has 0 saturated heterocycles. The summed E-state index contributed by atoms with van der Waals surface area (Å²) in [4.78, 5) is 15.4. The number of hydrogen-bond acceptors (Lipinski definition) is 4. The molecule has 90 valence electrons. The van der Waals surface area contributed by atoms with Gasteiger partial charge in [0.15, 0.2) is 10.8 Å². The Hall–Kier alpha value is -2.14. The van der Waals surface area contributed by atoms with Gasteiger partial charge >= 0.3 is 0 Å². The molecule has 0 fully saturated rings. The van der Waals surface area contributed by atoms with Gasteiger partial charge in [0.05, 0.1) is 7.11 Å². The van der Waals surface area contributed by atoms with Gasteiger partial charge in [-0.2, -0.15) is 0 Å². The highest BCUT2D eigenvalue weighted by Gasteiger charge is 2.09. The zero-order valence-corrected chi connectivity index (χ0v) is 10.3. The van der Waals surface area contributed by atoms with Crippen LogP contribution in [0.5, 0.6) is 5.75 Å². The maximum Gasteiger partial charge on any atom is 0.182 e. The Labute approximate surface area is 108 Å². The van der Waals surface area contributed by atoms with E-state index in [1.54, 1.807) is 7.11 Å². The number of aromatic nitrogens is 4. The van der Waals surface area contributed by atoms with Crippen molar-refractivity contribution in [3.63, 3.8) is 0 Å². The lowest BCUT2D eigenvalue weighted by atomic mass is 10.2. The van der Waals surface area contributed by atoms with Gasteiger partial charge < -0.3 is 9.72 Å². The third-order valence-corrected chi connectivity index (χ3v) is 2.89. The number of nitrogens with zero attached hydrogens (tertiary/aromatic N) is 3. The maximum atomic E-state index is 5.96. The Kier molecular flexibility index (Phi) is 2.60. The van der Waals surface area contributed by atoms with E-state index in [1.165, 1.54) is 6.33 Å². The number of benzene rings is 1. The van der Waals surface area contributed by atoms with Crippen molar-refractivity contribution < 1.29 is 4.74 Å². The molecule has 1 N–H and O–H groups in total. The van der Waals surface area contributed by atoms with Crippen molar-refractivity contribution >= 4 is 22.8 Å². The first-order valence-corrected chi connectivity index (χ1v) is 5.66. The largest absolute Gasteiger partial charge is 0.497 e. The van der Waals surface area contributed by atoms with Crippen LogP contribution in [0.15, 0.2) is 30.6 Å². The molecule has 18 heavy (non-hydrogen) atoms. The third kappa shape index (κ3) is 1.78. The number of fused-ring (bicyclic) bond motifs is 1. The highest BCUT2D eigenvalue weighted by atomic mass is 35.5. The van der Waals surface area contributed by atoms with Crippen LogP contribution in [0.2, 0.25) is 5.15 Å². The molecule has 0 amide bonds. The zero-order valence-electron chi connectivity index (χ0n) is 9.51. The summed E-state index contributed by atoms with van der Waals surface area (Å²) >= 11 is 5.96. The second-order valence-corrected chi connectivity index (χ2v) is 4.04. The molecule has 2 aromatic heterocycles. The molecule has 0 atom stereocenters. The standard InChI is InChI=1S/C12H9ClN4O/c1-18-8-4-2-7(3-5-8)11-16-9-10(13)14-6-15-12(9)17-11/h2-6H,1H3,(H,14,15,16,17). The van der Waals surface area contributed by atoms with Crippen molar-refractivity contribution in [1.82, 2.24) is 19.9 Å². The molecule has 3 aromatic rings. The van der Waals surface area contributed by atoms with Gasteiger partial charge in [-0.3, -0.25) is 0 Å². The molecule has 0 unspecified atom stereocenters. The Morgan fingerprint density at radius 2 is 1.94 bits per heavy atom. The fraction of sp³-hybridized carbons (Fsp3) is 0.0833. The summed E-state index contributed by atoms with van der Waals surface area (Å²) in [5.41, 5.74) is 2.13. The van der Waals surface area contributed by atoms with Crippen molar-refractivity contribution in [2.75, 3.05) is 7.11 Å². The van der Waals surface area contributed by atoms with Gasteiger partial charge in [0.1, 0.15) is 23.4 Å². The molecule has 5 nitrogen and oxygen atoms in total. The second kappa shape index (κ2) is 4.27. The van der Waals surface area contributed by atoms with Crippen molar-refractivity contribution in [2.45, 2.75) is 0 Å². The van der Waals surface area contributed by atoms with E-state index in [2.05, 4.69) is 19.9 Å². The Morgan fingerprint density at radius 1 is 1.17 bits per heavy atom. The number of nitrogens with one attached hydrogen (secondary N) is 1.